The molecular formula is C11H17FN2O. The molecule has 0 aromatic heterocycles. The molecule has 3 N–H and O–H groups in total. The molecule has 0 aliphatic heterocycles. The molecule has 0 heterocycles. The second-order valence-electron chi connectivity index (χ2n) is 3.63. The molecule has 1 aromatic carbocycles. The first kappa shape index (κ1) is 11.9. The Hall–Kier alpha value is -1.13. The number of hydrogen-bond acceptors (Lipinski definition) is 3. The Labute approximate surface area is 89.3 Å². The lowest BCUT2D eigenvalue weighted by atomic mass is 10.2. The van der Waals surface area contributed by atoms with Crippen molar-refractivity contribution in [1.82, 2.24) is 0 Å². The monoisotopic (exact) mass is 212 g/mol. The maximum absolute atomic E-state index is 12.9. The van der Waals surface area contributed by atoms with Crippen LogP contribution in [0.3, 0.4) is 0 Å². The second kappa shape index (κ2) is 5.68. The van der Waals surface area contributed by atoms with Crippen LogP contribution in [0.15, 0.2) is 24.3 Å². The summed E-state index contributed by atoms with van der Waals surface area (Å²) in [6.45, 7) is 0.683. The molecule has 84 valence electrons. The van der Waals surface area contributed by atoms with E-state index in [-0.39, 0.29) is 18.5 Å². The van der Waals surface area contributed by atoms with Gasteiger partial charge in [-0.15, -0.1) is 0 Å². The Morgan fingerprint density at radius 1 is 1.53 bits per heavy atom. The fraction of sp³-hybridized carbons (Fsp3) is 0.455. The van der Waals surface area contributed by atoms with Crippen molar-refractivity contribution < 1.29 is 9.50 Å². The molecule has 15 heavy (non-hydrogen) atoms. The summed E-state index contributed by atoms with van der Waals surface area (Å²) in [5.41, 5.74) is 6.40. The molecule has 3 nitrogen and oxygen atoms in total. The van der Waals surface area contributed by atoms with Gasteiger partial charge in [0.25, 0.3) is 0 Å². The van der Waals surface area contributed by atoms with Gasteiger partial charge in [0.05, 0.1) is 6.61 Å². The van der Waals surface area contributed by atoms with E-state index in [4.69, 9.17) is 10.8 Å². The molecule has 1 atom stereocenters. The average Bonchev–Trinajstić information content (AvgIpc) is 2.25. The van der Waals surface area contributed by atoms with Crippen molar-refractivity contribution in [3.8, 4) is 0 Å². The van der Waals surface area contributed by atoms with Gasteiger partial charge in [0.2, 0.25) is 0 Å². The molecule has 0 radical (unpaired) electrons. The summed E-state index contributed by atoms with van der Waals surface area (Å²) >= 11 is 0. The molecule has 1 rings (SSSR count). The van der Waals surface area contributed by atoms with Gasteiger partial charge in [-0.3, -0.25) is 0 Å². The molecule has 4 heteroatoms. The SMILES string of the molecule is CN(CCC(N)CO)c1cccc(F)c1. The van der Waals surface area contributed by atoms with E-state index in [0.29, 0.717) is 13.0 Å². The highest BCUT2D eigenvalue weighted by Gasteiger charge is 2.05. The fourth-order valence-corrected chi connectivity index (χ4v) is 1.29. The van der Waals surface area contributed by atoms with E-state index in [1.54, 1.807) is 6.07 Å². The number of rotatable bonds is 5. The highest BCUT2D eigenvalue weighted by molar-refractivity contribution is 5.45. The minimum atomic E-state index is -0.245. The molecule has 1 aromatic rings. The van der Waals surface area contributed by atoms with Crippen molar-refractivity contribution >= 4 is 5.69 Å². The first-order valence-corrected chi connectivity index (χ1v) is 4.96. The summed E-state index contributed by atoms with van der Waals surface area (Å²) in [5, 5.41) is 8.76. The average molecular weight is 212 g/mol. The number of anilines is 1. The maximum atomic E-state index is 12.9. The van der Waals surface area contributed by atoms with Crippen molar-refractivity contribution in [3.63, 3.8) is 0 Å². The third kappa shape index (κ3) is 3.85. The summed E-state index contributed by atoms with van der Waals surface area (Å²) in [6.07, 6.45) is 0.684. The summed E-state index contributed by atoms with van der Waals surface area (Å²) in [4.78, 5) is 1.92. The van der Waals surface area contributed by atoms with Crippen LogP contribution in [0, 0.1) is 5.82 Å². The number of aliphatic hydroxyl groups is 1. The molecule has 0 bridgehead atoms. The minimum Gasteiger partial charge on any atom is -0.395 e. The summed E-state index contributed by atoms with van der Waals surface area (Å²) in [5.74, 6) is -0.245. The van der Waals surface area contributed by atoms with Crippen LogP contribution in [0.4, 0.5) is 10.1 Å². The summed E-state index contributed by atoms with van der Waals surface area (Å²) < 4.78 is 12.9. The van der Waals surface area contributed by atoms with Crippen LogP contribution in [0.5, 0.6) is 0 Å². The van der Waals surface area contributed by atoms with Gasteiger partial charge in [0.1, 0.15) is 5.82 Å². The molecular weight excluding hydrogens is 195 g/mol. The van der Waals surface area contributed by atoms with E-state index in [0.717, 1.165) is 5.69 Å². The zero-order valence-corrected chi connectivity index (χ0v) is 8.86. The third-order valence-electron chi connectivity index (χ3n) is 2.32. The van der Waals surface area contributed by atoms with Crippen LogP contribution >= 0.6 is 0 Å². The van der Waals surface area contributed by atoms with E-state index in [2.05, 4.69) is 0 Å². The smallest absolute Gasteiger partial charge is 0.125 e. The molecule has 0 saturated heterocycles. The van der Waals surface area contributed by atoms with Gasteiger partial charge < -0.3 is 15.7 Å². The van der Waals surface area contributed by atoms with Gasteiger partial charge in [0.15, 0.2) is 0 Å². The molecule has 0 fully saturated rings. The fourth-order valence-electron chi connectivity index (χ4n) is 1.29. The third-order valence-corrected chi connectivity index (χ3v) is 2.32. The molecule has 0 spiro atoms. The molecule has 0 aliphatic carbocycles. The zero-order chi connectivity index (χ0) is 11.3. The van der Waals surface area contributed by atoms with Gasteiger partial charge >= 0.3 is 0 Å². The lowest BCUT2D eigenvalue weighted by Gasteiger charge is -2.20. The quantitative estimate of drug-likeness (QED) is 0.764. The van der Waals surface area contributed by atoms with Gasteiger partial charge in [-0.05, 0) is 24.6 Å². The van der Waals surface area contributed by atoms with Gasteiger partial charge in [-0.2, -0.15) is 0 Å². The first-order valence-electron chi connectivity index (χ1n) is 4.96. The van der Waals surface area contributed by atoms with Crippen LogP contribution in [0.1, 0.15) is 6.42 Å². The Morgan fingerprint density at radius 3 is 2.87 bits per heavy atom. The zero-order valence-electron chi connectivity index (χ0n) is 8.86. The van der Waals surface area contributed by atoms with E-state index < -0.39 is 0 Å². The van der Waals surface area contributed by atoms with E-state index in [1.807, 2.05) is 18.0 Å². The second-order valence-corrected chi connectivity index (χ2v) is 3.63. The highest BCUT2D eigenvalue weighted by Crippen LogP contribution is 2.13. The van der Waals surface area contributed by atoms with Gasteiger partial charge in [-0.1, -0.05) is 6.07 Å². The number of hydrogen-bond donors (Lipinski definition) is 2. The number of aliphatic hydroxyl groups excluding tert-OH is 1. The molecule has 1 unspecified atom stereocenters. The number of benzene rings is 1. The van der Waals surface area contributed by atoms with Gasteiger partial charge in [-0.25, -0.2) is 4.39 Å². The number of halogens is 1. The Balaban J connectivity index is 2.50. The standard InChI is InChI=1S/C11H17FN2O/c1-14(6-5-10(13)8-15)11-4-2-3-9(12)7-11/h2-4,7,10,15H,5-6,8,13H2,1H3. The first-order chi connectivity index (χ1) is 7.13. The Kier molecular flexibility index (Phi) is 4.52. The topological polar surface area (TPSA) is 49.5 Å². The van der Waals surface area contributed by atoms with Crippen LogP contribution < -0.4 is 10.6 Å². The predicted molar refractivity (Wildman–Crippen MR) is 59.3 cm³/mol. The predicted octanol–water partition coefficient (Wildman–Crippen LogP) is 0.972. The summed E-state index contributed by atoms with van der Waals surface area (Å²) in [6, 6.07) is 6.20. The van der Waals surface area contributed by atoms with E-state index >= 15 is 0 Å². The minimum absolute atomic E-state index is 0.0169. The molecule has 0 saturated carbocycles. The summed E-state index contributed by atoms with van der Waals surface area (Å²) in [7, 11) is 1.87. The van der Waals surface area contributed by atoms with E-state index in [1.165, 1.54) is 12.1 Å². The normalized spacial score (nSPS) is 12.5. The van der Waals surface area contributed by atoms with Crippen LogP contribution in [0.2, 0.25) is 0 Å². The largest absolute Gasteiger partial charge is 0.395 e. The maximum Gasteiger partial charge on any atom is 0.125 e. The molecule has 0 amide bonds. The van der Waals surface area contributed by atoms with Crippen LogP contribution in [-0.2, 0) is 0 Å². The lowest BCUT2D eigenvalue weighted by Crippen LogP contribution is -2.30. The van der Waals surface area contributed by atoms with Crippen molar-refractivity contribution in [2.75, 3.05) is 25.1 Å². The molecule has 0 aliphatic rings. The van der Waals surface area contributed by atoms with Crippen molar-refractivity contribution in [1.29, 1.82) is 0 Å². The Morgan fingerprint density at radius 2 is 2.27 bits per heavy atom. The van der Waals surface area contributed by atoms with E-state index in [9.17, 15) is 4.39 Å². The van der Waals surface area contributed by atoms with Crippen LogP contribution in [0.25, 0.3) is 0 Å². The number of nitrogens with zero attached hydrogens (tertiary/aromatic N) is 1. The van der Waals surface area contributed by atoms with Gasteiger partial charge in [0, 0.05) is 25.3 Å². The van der Waals surface area contributed by atoms with Crippen molar-refractivity contribution in [3.05, 3.63) is 30.1 Å². The van der Waals surface area contributed by atoms with Crippen LogP contribution in [-0.4, -0.2) is 31.3 Å². The van der Waals surface area contributed by atoms with Crippen molar-refractivity contribution in [2.45, 2.75) is 12.5 Å². The Bertz CT molecular complexity index is 306. The number of nitrogens with two attached hydrogens (primary N) is 1. The van der Waals surface area contributed by atoms with Crippen molar-refractivity contribution in [2.24, 2.45) is 5.73 Å². The highest BCUT2D eigenvalue weighted by atomic mass is 19.1. The lowest BCUT2D eigenvalue weighted by molar-refractivity contribution is 0.261.